The summed E-state index contributed by atoms with van der Waals surface area (Å²) in [6, 6.07) is 0. The highest BCUT2D eigenvalue weighted by Crippen LogP contribution is 2.29. The second-order valence-corrected chi connectivity index (χ2v) is 9.76. The van der Waals surface area contributed by atoms with Gasteiger partial charge in [0.25, 0.3) is 10.1 Å². The zero-order chi connectivity index (χ0) is 22.9. The fraction of sp³-hybridized carbons (Fsp3) is 0.818. The Morgan fingerprint density at radius 3 is 1.60 bits per heavy atom. The van der Waals surface area contributed by atoms with Crippen LogP contribution in [0.1, 0.15) is 110 Å². The Balaban J connectivity index is 3.91. The quantitative estimate of drug-likeness (QED) is 0.126. The molecule has 0 aromatic rings. The van der Waals surface area contributed by atoms with Crippen LogP contribution >= 0.6 is 0 Å². The first-order valence-electron chi connectivity index (χ1n) is 11.2. The van der Waals surface area contributed by atoms with E-state index in [0.29, 0.717) is 6.42 Å². The predicted octanol–water partition coefficient (Wildman–Crippen LogP) is 5.60. The highest BCUT2D eigenvalue weighted by Gasteiger charge is 2.51. The van der Waals surface area contributed by atoms with Crippen molar-refractivity contribution in [3.63, 3.8) is 0 Å². The second-order valence-electron chi connectivity index (χ2n) is 8.03. The van der Waals surface area contributed by atoms with Gasteiger partial charge in [0.1, 0.15) is 0 Å². The molecule has 0 fully saturated rings. The van der Waals surface area contributed by atoms with E-state index in [9.17, 15) is 27.7 Å². The summed E-state index contributed by atoms with van der Waals surface area (Å²) in [6.07, 6.45) is 17.7. The molecule has 8 heteroatoms. The van der Waals surface area contributed by atoms with E-state index in [-0.39, 0.29) is 6.42 Å². The normalized spacial score (nSPS) is 14.1. The third-order valence-electron chi connectivity index (χ3n) is 5.41. The van der Waals surface area contributed by atoms with Crippen LogP contribution in [0.15, 0.2) is 12.2 Å². The van der Waals surface area contributed by atoms with Crippen LogP contribution in [0.4, 0.5) is 0 Å². The van der Waals surface area contributed by atoms with Crippen molar-refractivity contribution in [1.29, 1.82) is 0 Å². The minimum absolute atomic E-state index is 0.234. The lowest BCUT2D eigenvalue weighted by Gasteiger charge is -2.24. The fourth-order valence-corrected chi connectivity index (χ4v) is 4.43. The lowest BCUT2D eigenvalue weighted by atomic mass is 9.96. The average molecular weight is 449 g/mol. The fourth-order valence-electron chi connectivity index (χ4n) is 3.50. The first-order valence-corrected chi connectivity index (χ1v) is 12.7. The van der Waals surface area contributed by atoms with Gasteiger partial charge in [0.05, 0.1) is 6.42 Å². The van der Waals surface area contributed by atoms with Crippen LogP contribution in [0.2, 0.25) is 0 Å². The molecule has 1 unspecified atom stereocenters. The third-order valence-corrected chi connectivity index (χ3v) is 6.92. The topological polar surface area (TPSA) is 129 Å². The van der Waals surface area contributed by atoms with Crippen molar-refractivity contribution in [2.75, 3.05) is 0 Å². The Labute approximate surface area is 181 Å². The van der Waals surface area contributed by atoms with Crippen LogP contribution in [-0.4, -0.2) is 39.9 Å². The van der Waals surface area contributed by atoms with Crippen LogP contribution in [0.3, 0.4) is 0 Å². The summed E-state index contributed by atoms with van der Waals surface area (Å²) in [5, 5.41) is 18.1. The first kappa shape index (κ1) is 28.6. The molecule has 0 rings (SSSR count). The molecule has 0 aliphatic heterocycles. The molecular weight excluding hydrogens is 408 g/mol. The van der Waals surface area contributed by atoms with Gasteiger partial charge >= 0.3 is 11.9 Å². The summed E-state index contributed by atoms with van der Waals surface area (Å²) in [5.41, 5.74) is 0. The maximum atomic E-state index is 11.5. The van der Waals surface area contributed by atoms with Crippen LogP contribution in [0, 0.1) is 0 Å². The minimum Gasteiger partial charge on any atom is -0.481 e. The number of unbranched alkanes of at least 4 members (excludes halogenated alkanes) is 12. The van der Waals surface area contributed by atoms with Gasteiger partial charge in [-0.25, -0.2) is 0 Å². The Morgan fingerprint density at radius 1 is 0.767 bits per heavy atom. The largest absolute Gasteiger partial charge is 0.481 e. The summed E-state index contributed by atoms with van der Waals surface area (Å²) in [4.78, 5) is 22.3. The van der Waals surface area contributed by atoms with Gasteiger partial charge in [-0.1, -0.05) is 83.3 Å². The molecule has 0 spiro atoms. The molecule has 0 aromatic carbocycles. The zero-order valence-electron chi connectivity index (χ0n) is 18.4. The lowest BCUT2D eigenvalue weighted by molar-refractivity contribution is -0.147. The lowest BCUT2D eigenvalue weighted by Crippen LogP contribution is -2.48. The van der Waals surface area contributed by atoms with E-state index in [1.165, 1.54) is 38.5 Å². The van der Waals surface area contributed by atoms with Gasteiger partial charge in [-0.15, -0.1) is 0 Å². The van der Waals surface area contributed by atoms with Gasteiger partial charge < -0.3 is 10.2 Å². The molecule has 0 radical (unpaired) electrons. The molecule has 0 aliphatic rings. The molecule has 176 valence electrons. The van der Waals surface area contributed by atoms with Crippen LogP contribution < -0.4 is 0 Å². The molecule has 0 heterocycles. The molecule has 1 atom stereocenters. The number of hydrogen-bond donors (Lipinski definition) is 3. The van der Waals surface area contributed by atoms with Crippen molar-refractivity contribution in [2.24, 2.45) is 0 Å². The highest BCUT2D eigenvalue weighted by atomic mass is 32.2. The summed E-state index contributed by atoms with van der Waals surface area (Å²) in [5.74, 6) is -3.39. The van der Waals surface area contributed by atoms with Crippen molar-refractivity contribution < 1.29 is 32.8 Å². The van der Waals surface area contributed by atoms with Gasteiger partial charge in [-0.05, 0) is 32.1 Å². The van der Waals surface area contributed by atoms with E-state index in [0.717, 1.165) is 38.5 Å². The van der Waals surface area contributed by atoms with E-state index < -0.39 is 39.6 Å². The van der Waals surface area contributed by atoms with Crippen molar-refractivity contribution >= 4 is 22.1 Å². The SMILES string of the molecule is CCCCCCCCC=CCCCCCCCCC(CC(=O)O)(C(=O)O)S(=O)(=O)O. The number of carboxylic acid groups (broad SMARTS) is 2. The third kappa shape index (κ3) is 12.3. The summed E-state index contributed by atoms with van der Waals surface area (Å²) in [7, 11) is -5.03. The number of aliphatic carboxylic acids is 2. The van der Waals surface area contributed by atoms with Crippen LogP contribution in [-0.2, 0) is 19.7 Å². The number of carbonyl (C=O) groups is 2. The van der Waals surface area contributed by atoms with Crippen LogP contribution in [0.25, 0.3) is 0 Å². The van der Waals surface area contributed by atoms with E-state index in [4.69, 9.17) is 5.11 Å². The predicted molar refractivity (Wildman–Crippen MR) is 118 cm³/mol. The van der Waals surface area contributed by atoms with Gasteiger partial charge in [0, 0.05) is 0 Å². The maximum absolute atomic E-state index is 11.5. The molecule has 0 aliphatic carbocycles. The minimum atomic E-state index is -5.03. The summed E-state index contributed by atoms with van der Waals surface area (Å²) >= 11 is 0. The number of hydrogen-bond acceptors (Lipinski definition) is 4. The Bertz CT molecular complexity index is 613. The van der Waals surface area contributed by atoms with E-state index in [1.54, 1.807) is 0 Å². The van der Waals surface area contributed by atoms with Gasteiger partial charge in [-0.2, -0.15) is 8.42 Å². The molecule has 0 aromatic heterocycles. The van der Waals surface area contributed by atoms with Crippen molar-refractivity contribution in [2.45, 2.75) is 114 Å². The van der Waals surface area contributed by atoms with E-state index in [2.05, 4.69) is 19.1 Å². The van der Waals surface area contributed by atoms with Gasteiger partial charge in [-0.3, -0.25) is 14.1 Å². The number of allylic oxidation sites excluding steroid dienone is 2. The van der Waals surface area contributed by atoms with Crippen molar-refractivity contribution in [1.82, 2.24) is 0 Å². The molecule has 0 amide bonds. The number of rotatable bonds is 20. The Morgan fingerprint density at radius 2 is 1.20 bits per heavy atom. The first-order chi connectivity index (χ1) is 14.2. The summed E-state index contributed by atoms with van der Waals surface area (Å²) in [6.45, 7) is 2.22. The molecule has 0 saturated carbocycles. The summed E-state index contributed by atoms with van der Waals surface area (Å²) < 4.78 is 29.7. The van der Waals surface area contributed by atoms with E-state index in [1.807, 2.05) is 0 Å². The zero-order valence-corrected chi connectivity index (χ0v) is 19.2. The Kier molecular flexibility index (Phi) is 15.5. The molecule has 3 N–H and O–H groups in total. The second kappa shape index (κ2) is 16.3. The molecule has 30 heavy (non-hydrogen) atoms. The van der Waals surface area contributed by atoms with Gasteiger partial charge in [0.15, 0.2) is 0 Å². The van der Waals surface area contributed by atoms with Crippen molar-refractivity contribution in [3.8, 4) is 0 Å². The molecule has 0 saturated heterocycles. The number of carboxylic acids is 2. The Hall–Kier alpha value is -1.41. The van der Waals surface area contributed by atoms with Gasteiger partial charge in [0.2, 0.25) is 4.75 Å². The monoisotopic (exact) mass is 448 g/mol. The molecular formula is C22H40O7S. The van der Waals surface area contributed by atoms with Crippen molar-refractivity contribution in [3.05, 3.63) is 12.2 Å². The molecule has 0 bridgehead atoms. The standard InChI is InChI=1S/C22H40O7S/c1-2-3-4-5-6-7-8-9-10-11-12-13-14-15-16-17-18-22(21(25)26,19-20(23)24)30(27,28)29/h9-10H,2-8,11-19H2,1H3,(H,23,24)(H,25,26)(H,27,28,29). The van der Waals surface area contributed by atoms with Crippen LogP contribution in [0.5, 0.6) is 0 Å². The smallest absolute Gasteiger partial charge is 0.328 e. The highest BCUT2D eigenvalue weighted by molar-refractivity contribution is 7.88. The maximum Gasteiger partial charge on any atom is 0.328 e. The molecule has 7 nitrogen and oxygen atoms in total. The average Bonchev–Trinajstić information content (AvgIpc) is 2.65. The van der Waals surface area contributed by atoms with E-state index >= 15 is 0 Å².